The van der Waals surface area contributed by atoms with Crippen molar-refractivity contribution in [3.05, 3.63) is 82.0 Å². The van der Waals surface area contributed by atoms with Gasteiger partial charge in [-0.05, 0) is 49.1 Å². The van der Waals surface area contributed by atoms with E-state index in [1.165, 1.54) is 6.08 Å². The van der Waals surface area contributed by atoms with Crippen LogP contribution in [-0.2, 0) is 9.59 Å². The van der Waals surface area contributed by atoms with Crippen LogP contribution in [0.1, 0.15) is 38.2 Å². The number of unbranched alkanes of at least 4 members (excludes halogenated alkanes) is 1. The number of nitrogens with one attached hydrogen (secondary N) is 2. The van der Waals surface area contributed by atoms with Crippen LogP contribution in [0.4, 0.5) is 17.1 Å². The van der Waals surface area contributed by atoms with Crippen molar-refractivity contribution >= 4 is 35.0 Å². The van der Waals surface area contributed by atoms with E-state index in [1.54, 1.807) is 18.2 Å². The van der Waals surface area contributed by atoms with Gasteiger partial charge in [-0.2, -0.15) is 0 Å². The van der Waals surface area contributed by atoms with E-state index in [4.69, 9.17) is 15.2 Å². The van der Waals surface area contributed by atoms with E-state index in [0.717, 1.165) is 11.1 Å². The highest BCUT2D eigenvalue weighted by molar-refractivity contribution is 5.95. The molecule has 4 rings (SSSR count). The maximum absolute atomic E-state index is 12.6. The van der Waals surface area contributed by atoms with Crippen LogP contribution < -0.4 is 25.8 Å². The molecule has 10 heteroatoms. The quantitative estimate of drug-likeness (QED) is 0.129. The molecule has 202 valence electrons. The topological polar surface area (TPSA) is 146 Å². The van der Waals surface area contributed by atoms with Gasteiger partial charge in [-0.15, -0.1) is 0 Å². The average molecular weight is 531 g/mol. The van der Waals surface area contributed by atoms with Gasteiger partial charge >= 0.3 is 0 Å². The molecule has 0 bridgehead atoms. The summed E-state index contributed by atoms with van der Waals surface area (Å²) in [5.41, 5.74) is 9.87. The molecule has 0 aliphatic carbocycles. The first-order chi connectivity index (χ1) is 18.8. The van der Waals surface area contributed by atoms with Gasteiger partial charge in [-0.25, -0.2) is 0 Å². The van der Waals surface area contributed by atoms with Gasteiger partial charge in [0.25, 0.3) is 5.70 Å². The minimum Gasteiger partial charge on any atom is -0.490 e. The van der Waals surface area contributed by atoms with Crippen LogP contribution in [0, 0.1) is 10.1 Å². The number of carbonyl (C=O) groups excluding carboxylic acids is 2. The zero-order valence-electron chi connectivity index (χ0n) is 21.6. The summed E-state index contributed by atoms with van der Waals surface area (Å²) in [4.78, 5) is 35.7. The van der Waals surface area contributed by atoms with E-state index in [0.29, 0.717) is 53.6 Å². The maximum Gasteiger partial charge on any atom is 0.284 e. The Hall–Kier alpha value is -4.86. The van der Waals surface area contributed by atoms with Crippen molar-refractivity contribution in [3.8, 4) is 22.6 Å². The molecule has 0 saturated heterocycles. The zero-order valence-corrected chi connectivity index (χ0v) is 21.6. The molecule has 1 aliphatic rings. The molecule has 1 aliphatic heterocycles. The first-order valence-corrected chi connectivity index (χ1v) is 12.7. The Bertz CT molecular complexity index is 1400. The molecular weight excluding hydrogens is 500 g/mol. The van der Waals surface area contributed by atoms with Crippen molar-refractivity contribution in [3.63, 3.8) is 0 Å². The molecular formula is C29H30N4O6. The molecule has 3 aromatic rings. The van der Waals surface area contributed by atoms with Crippen LogP contribution >= 0.6 is 0 Å². The molecule has 0 fully saturated rings. The summed E-state index contributed by atoms with van der Waals surface area (Å²) in [5.74, 6) is 0.377. The lowest BCUT2D eigenvalue weighted by Gasteiger charge is -2.19. The van der Waals surface area contributed by atoms with Crippen LogP contribution in [0.3, 0.4) is 0 Å². The lowest BCUT2D eigenvalue weighted by atomic mass is 10.0. The number of ether oxygens (including phenoxy) is 2. The van der Waals surface area contributed by atoms with E-state index in [9.17, 15) is 19.7 Å². The molecule has 0 saturated carbocycles. The molecule has 2 amide bonds. The molecule has 0 spiro atoms. The van der Waals surface area contributed by atoms with Gasteiger partial charge in [0.15, 0.2) is 18.1 Å². The van der Waals surface area contributed by atoms with Crippen molar-refractivity contribution in [2.75, 3.05) is 29.6 Å². The smallest absolute Gasteiger partial charge is 0.284 e. The van der Waals surface area contributed by atoms with Crippen molar-refractivity contribution in [1.82, 2.24) is 0 Å². The predicted molar refractivity (Wildman–Crippen MR) is 150 cm³/mol. The standard InChI is InChI=1S/C29H30N4O6/c1-2-38-26-17-22(14-21-15-23(33(36)37)18-39-29(21)26)31-27(34)10-6-7-11-28(35)32-25-16-20(12-13-24(25)30)19-8-4-3-5-9-19/h3-5,8-9,12-17H,2,6-7,10-11,18,30H2,1H3,(H,31,34)(H,32,35). The van der Waals surface area contributed by atoms with Gasteiger partial charge in [-0.3, -0.25) is 19.7 Å². The Morgan fingerprint density at radius 2 is 1.72 bits per heavy atom. The molecule has 0 radical (unpaired) electrons. The summed E-state index contributed by atoms with van der Waals surface area (Å²) < 4.78 is 11.1. The average Bonchev–Trinajstić information content (AvgIpc) is 2.92. The number of nitrogens with two attached hydrogens (primary N) is 1. The minimum atomic E-state index is -0.501. The van der Waals surface area contributed by atoms with Crippen molar-refractivity contribution in [2.24, 2.45) is 0 Å². The van der Waals surface area contributed by atoms with E-state index in [1.807, 2.05) is 49.4 Å². The van der Waals surface area contributed by atoms with Crippen molar-refractivity contribution in [1.29, 1.82) is 0 Å². The molecule has 3 aromatic carbocycles. The summed E-state index contributed by atoms with van der Waals surface area (Å²) in [6, 6.07) is 18.6. The third kappa shape index (κ3) is 7.13. The number of rotatable bonds is 11. The number of nitro groups is 1. The molecule has 1 heterocycles. The highest BCUT2D eigenvalue weighted by Crippen LogP contribution is 2.39. The third-order valence-corrected chi connectivity index (χ3v) is 6.08. The van der Waals surface area contributed by atoms with Crippen LogP contribution in [0.5, 0.6) is 11.5 Å². The normalized spacial score (nSPS) is 12.0. The van der Waals surface area contributed by atoms with Gasteiger partial charge in [0.1, 0.15) is 0 Å². The van der Waals surface area contributed by atoms with Gasteiger partial charge in [-0.1, -0.05) is 36.4 Å². The lowest BCUT2D eigenvalue weighted by Crippen LogP contribution is -2.16. The second-order valence-electron chi connectivity index (χ2n) is 8.98. The highest BCUT2D eigenvalue weighted by Gasteiger charge is 2.24. The fourth-order valence-electron chi connectivity index (χ4n) is 4.18. The highest BCUT2D eigenvalue weighted by atomic mass is 16.6. The lowest BCUT2D eigenvalue weighted by molar-refractivity contribution is -0.427. The molecule has 39 heavy (non-hydrogen) atoms. The number of nitrogens with zero attached hydrogens (tertiary/aromatic N) is 1. The number of nitrogen functional groups attached to an aromatic ring is 1. The summed E-state index contributed by atoms with van der Waals surface area (Å²) in [7, 11) is 0. The number of anilines is 3. The number of hydrogen-bond acceptors (Lipinski definition) is 7. The number of fused-ring (bicyclic) bond motifs is 1. The number of carbonyl (C=O) groups is 2. The summed E-state index contributed by atoms with van der Waals surface area (Å²) in [6.07, 6.45) is 2.86. The molecule has 0 atom stereocenters. The van der Waals surface area contributed by atoms with Gasteiger partial charge in [0.05, 0.1) is 22.9 Å². The maximum atomic E-state index is 12.6. The second-order valence-corrected chi connectivity index (χ2v) is 8.98. The summed E-state index contributed by atoms with van der Waals surface area (Å²) >= 11 is 0. The summed E-state index contributed by atoms with van der Waals surface area (Å²) in [5, 5.41) is 16.8. The largest absolute Gasteiger partial charge is 0.490 e. The van der Waals surface area contributed by atoms with Gasteiger partial charge < -0.3 is 25.8 Å². The predicted octanol–water partition coefficient (Wildman–Crippen LogP) is 5.48. The van der Waals surface area contributed by atoms with Gasteiger partial charge in [0, 0.05) is 36.2 Å². The van der Waals surface area contributed by atoms with Crippen LogP contribution in [0.2, 0.25) is 0 Å². The van der Waals surface area contributed by atoms with Crippen molar-refractivity contribution < 1.29 is 24.0 Å². The van der Waals surface area contributed by atoms with E-state index in [-0.39, 0.29) is 37.0 Å². The molecule has 10 nitrogen and oxygen atoms in total. The van der Waals surface area contributed by atoms with E-state index in [2.05, 4.69) is 10.6 Å². The second kappa shape index (κ2) is 12.6. The Morgan fingerprint density at radius 3 is 2.41 bits per heavy atom. The zero-order chi connectivity index (χ0) is 27.8. The fraction of sp³-hybridized carbons (Fsp3) is 0.241. The van der Waals surface area contributed by atoms with Crippen LogP contribution in [0.15, 0.2) is 66.4 Å². The molecule has 4 N–H and O–H groups in total. The molecule has 0 unspecified atom stereocenters. The number of benzene rings is 3. The van der Waals surface area contributed by atoms with Crippen LogP contribution in [-0.4, -0.2) is 30.0 Å². The SMILES string of the molecule is CCOc1cc(NC(=O)CCCCC(=O)Nc2cc(-c3ccccc3)ccc2N)cc2c1OCC([N+](=O)[O-])=C2. The van der Waals surface area contributed by atoms with E-state index < -0.39 is 4.92 Å². The Kier molecular flexibility index (Phi) is 8.78. The molecule has 0 aromatic heterocycles. The van der Waals surface area contributed by atoms with E-state index >= 15 is 0 Å². The monoisotopic (exact) mass is 530 g/mol. The van der Waals surface area contributed by atoms with Gasteiger partial charge in [0.2, 0.25) is 11.8 Å². The minimum absolute atomic E-state index is 0.0831. The fourth-order valence-corrected chi connectivity index (χ4v) is 4.18. The Morgan fingerprint density at radius 1 is 1.00 bits per heavy atom. The third-order valence-electron chi connectivity index (χ3n) is 6.08. The Balaban J connectivity index is 1.29. The number of hydrogen-bond donors (Lipinski definition) is 3. The first kappa shape index (κ1) is 27.2. The Labute approximate surface area is 226 Å². The summed E-state index contributed by atoms with van der Waals surface area (Å²) in [6.45, 7) is 2.01. The van der Waals surface area contributed by atoms with Crippen LogP contribution in [0.25, 0.3) is 17.2 Å². The number of amides is 2. The first-order valence-electron chi connectivity index (χ1n) is 12.7. The van der Waals surface area contributed by atoms with Crippen molar-refractivity contribution in [2.45, 2.75) is 32.6 Å².